The highest BCUT2D eigenvalue weighted by molar-refractivity contribution is 7.15. The molecule has 1 heterocycles. The third kappa shape index (κ3) is 2.74. The van der Waals surface area contributed by atoms with Crippen molar-refractivity contribution in [2.75, 3.05) is 5.32 Å². The zero-order chi connectivity index (χ0) is 9.84. The molecule has 0 saturated carbocycles. The molecule has 1 aromatic rings. The Hall–Kier alpha value is -1.01. The van der Waals surface area contributed by atoms with Crippen molar-refractivity contribution in [2.24, 2.45) is 5.73 Å². The van der Waals surface area contributed by atoms with Crippen LogP contribution in [0.15, 0.2) is 0 Å². The van der Waals surface area contributed by atoms with Crippen molar-refractivity contribution < 1.29 is 4.79 Å². The van der Waals surface area contributed by atoms with E-state index in [4.69, 9.17) is 5.73 Å². The number of hydrogen-bond donors (Lipinski definition) is 2. The summed E-state index contributed by atoms with van der Waals surface area (Å²) in [6.07, 6.45) is 0.615. The van der Waals surface area contributed by atoms with Gasteiger partial charge in [0.05, 0.1) is 6.04 Å². The highest BCUT2D eigenvalue weighted by Crippen LogP contribution is 2.13. The average molecular weight is 200 g/mol. The molecule has 1 aromatic heterocycles. The van der Waals surface area contributed by atoms with Crippen molar-refractivity contribution in [3.05, 3.63) is 5.01 Å². The third-order valence-corrected chi connectivity index (χ3v) is 2.29. The van der Waals surface area contributed by atoms with E-state index in [1.807, 2.05) is 13.8 Å². The number of carbonyl (C=O) groups is 1. The average Bonchev–Trinajstić information content (AvgIpc) is 2.49. The zero-order valence-corrected chi connectivity index (χ0v) is 8.39. The first-order valence-corrected chi connectivity index (χ1v) is 4.81. The molecule has 5 nitrogen and oxygen atoms in total. The topological polar surface area (TPSA) is 80.9 Å². The molecule has 1 unspecified atom stereocenters. The van der Waals surface area contributed by atoms with Crippen LogP contribution in [0.4, 0.5) is 5.13 Å². The molecule has 72 valence electrons. The Morgan fingerprint density at radius 1 is 1.69 bits per heavy atom. The van der Waals surface area contributed by atoms with Crippen LogP contribution in [0.2, 0.25) is 0 Å². The van der Waals surface area contributed by atoms with Gasteiger partial charge in [-0.25, -0.2) is 0 Å². The number of nitrogens with one attached hydrogen (secondary N) is 1. The lowest BCUT2D eigenvalue weighted by molar-refractivity contribution is -0.117. The van der Waals surface area contributed by atoms with Crippen LogP contribution in [-0.2, 0) is 4.79 Å². The molecule has 3 N–H and O–H groups in total. The molecule has 13 heavy (non-hydrogen) atoms. The van der Waals surface area contributed by atoms with E-state index < -0.39 is 6.04 Å². The Kier molecular flexibility index (Phi) is 3.32. The molecule has 1 amide bonds. The van der Waals surface area contributed by atoms with E-state index in [0.717, 1.165) is 5.01 Å². The summed E-state index contributed by atoms with van der Waals surface area (Å²) < 4.78 is 0. The number of anilines is 1. The third-order valence-electron chi connectivity index (χ3n) is 1.53. The lowest BCUT2D eigenvalue weighted by atomic mass is 10.2. The Bertz CT molecular complexity index is 298. The number of amides is 1. The van der Waals surface area contributed by atoms with E-state index in [1.54, 1.807) is 0 Å². The molecule has 1 rings (SSSR count). The van der Waals surface area contributed by atoms with Crippen molar-refractivity contribution in [1.82, 2.24) is 10.2 Å². The smallest absolute Gasteiger partial charge is 0.243 e. The van der Waals surface area contributed by atoms with Gasteiger partial charge in [0, 0.05) is 0 Å². The monoisotopic (exact) mass is 200 g/mol. The number of hydrogen-bond acceptors (Lipinski definition) is 5. The van der Waals surface area contributed by atoms with Crippen LogP contribution in [0.5, 0.6) is 0 Å². The van der Waals surface area contributed by atoms with Crippen molar-refractivity contribution in [3.8, 4) is 0 Å². The van der Waals surface area contributed by atoms with E-state index in [-0.39, 0.29) is 5.91 Å². The highest BCUT2D eigenvalue weighted by atomic mass is 32.1. The maximum Gasteiger partial charge on any atom is 0.243 e. The molecule has 0 aliphatic carbocycles. The summed E-state index contributed by atoms with van der Waals surface area (Å²) in [4.78, 5) is 11.3. The molecule has 0 radical (unpaired) electrons. The fourth-order valence-electron chi connectivity index (χ4n) is 0.731. The van der Waals surface area contributed by atoms with Gasteiger partial charge >= 0.3 is 0 Å². The second-order valence-corrected chi connectivity index (χ2v) is 3.81. The predicted molar refractivity (Wildman–Crippen MR) is 51.5 cm³/mol. The normalized spacial score (nSPS) is 12.5. The first-order valence-electron chi connectivity index (χ1n) is 4.00. The molecule has 0 bridgehead atoms. The Morgan fingerprint density at radius 3 is 2.85 bits per heavy atom. The van der Waals surface area contributed by atoms with E-state index in [0.29, 0.717) is 11.6 Å². The number of rotatable bonds is 3. The standard InChI is InChI=1S/C7H12N4OS/c1-3-5(8)6(12)9-7-11-10-4(2)13-7/h5H,3,8H2,1-2H3,(H,9,11,12). The quantitative estimate of drug-likeness (QED) is 0.745. The van der Waals surface area contributed by atoms with Gasteiger partial charge in [-0.2, -0.15) is 0 Å². The number of aromatic nitrogens is 2. The summed E-state index contributed by atoms with van der Waals surface area (Å²) in [6.45, 7) is 3.68. The summed E-state index contributed by atoms with van der Waals surface area (Å²) in [5.74, 6) is -0.210. The summed E-state index contributed by atoms with van der Waals surface area (Å²) in [5, 5.41) is 11.4. The fourth-order valence-corrected chi connectivity index (χ4v) is 1.33. The molecule has 0 aliphatic rings. The van der Waals surface area contributed by atoms with E-state index in [2.05, 4.69) is 15.5 Å². The molecule has 0 saturated heterocycles. The Morgan fingerprint density at radius 2 is 2.38 bits per heavy atom. The van der Waals surface area contributed by atoms with Gasteiger partial charge in [-0.05, 0) is 13.3 Å². The van der Waals surface area contributed by atoms with Gasteiger partial charge in [-0.1, -0.05) is 18.3 Å². The van der Waals surface area contributed by atoms with Crippen LogP contribution in [0, 0.1) is 6.92 Å². The van der Waals surface area contributed by atoms with E-state index in [1.165, 1.54) is 11.3 Å². The molecule has 0 aromatic carbocycles. The number of nitrogens with two attached hydrogens (primary N) is 1. The first kappa shape index (κ1) is 10.1. The number of carbonyl (C=O) groups excluding carboxylic acids is 1. The number of aryl methyl sites for hydroxylation is 1. The fraction of sp³-hybridized carbons (Fsp3) is 0.571. The van der Waals surface area contributed by atoms with Crippen molar-refractivity contribution in [2.45, 2.75) is 26.3 Å². The van der Waals surface area contributed by atoms with Gasteiger partial charge in [0.1, 0.15) is 5.01 Å². The van der Waals surface area contributed by atoms with Crippen molar-refractivity contribution in [3.63, 3.8) is 0 Å². The van der Waals surface area contributed by atoms with Crippen molar-refractivity contribution >= 4 is 22.4 Å². The van der Waals surface area contributed by atoms with E-state index in [9.17, 15) is 4.79 Å². The molecule has 1 atom stereocenters. The van der Waals surface area contributed by atoms with Gasteiger partial charge in [0.25, 0.3) is 0 Å². The zero-order valence-electron chi connectivity index (χ0n) is 7.57. The minimum Gasteiger partial charge on any atom is -0.320 e. The summed E-state index contributed by atoms with van der Waals surface area (Å²) >= 11 is 1.33. The summed E-state index contributed by atoms with van der Waals surface area (Å²) in [5.41, 5.74) is 5.52. The van der Waals surface area contributed by atoms with Crippen LogP contribution in [0.1, 0.15) is 18.4 Å². The van der Waals surface area contributed by atoms with Crippen LogP contribution >= 0.6 is 11.3 Å². The Balaban J connectivity index is 2.54. The lowest BCUT2D eigenvalue weighted by Gasteiger charge is -2.06. The molecular weight excluding hydrogens is 188 g/mol. The van der Waals surface area contributed by atoms with Gasteiger partial charge in [-0.3, -0.25) is 10.1 Å². The maximum atomic E-state index is 11.3. The number of nitrogens with zero attached hydrogens (tertiary/aromatic N) is 2. The van der Waals surface area contributed by atoms with Crippen LogP contribution in [0.25, 0.3) is 0 Å². The second kappa shape index (κ2) is 4.29. The highest BCUT2D eigenvalue weighted by Gasteiger charge is 2.12. The molecule has 0 aliphatic heterocycles. The predicted octanol–water partition coefficient (Wildman–Crippen LogP) is 0.522. The SMILES string of the molecule is CCC(N)C(=O)Nc1nnc(C)s1. The first-order chi connectivity index (χ1) is 6.13. The molecular formula is C7H12N4OS. The molecule has 0 spiro atoms. The minimum atomic E-state index is -0.468. The lowest BCUT2D eigenvalue weighted by Crippen LogP contribution is -2.34. The molecule has 0 fully saturated rings. The molecule has 6 heteroatoms. The minimum absolute atomic E-state index is 0.210. The summed E-state index contributed by atoms with van der Waals surface area (Å²) in [6, 6.07) is -0.468. The maximum absolute atomic E-state index is 11.3. The van der Waals surface area contributed by atoms with Crippen LogP contribution in [-0.4, -0.2) is 22.1 Å². The second-order valence-electron chi connectivity index (χ2n) is 2.63. The largest absolute Gasteiger partial charge is 0.320 e. The summed E-state index contributed by atoms with van der Waals surface area (Å²) in [7, 11) is 0. The van der Waals surface area contributed by atoms with Gasteiger partial charge in [0.2, 0.25) is 11.0 Å². The van der Waals surface area contributed by atoms with Gasteiger partial charge in [0.15, 0.2) is 0 Å². The van der Waals surface area contributed by atoms with Crippen LogP contribution < -0.4 is 11.1 Å². The van der Waals surface area contributed by atoms with E-state index >= 15 is 0 Å². The van der Waals surface area contributed by atoms with Crippen molar-refractivity contribution in [1.29, 1.82) is 0 Å². The van der Waals surface area contributed by atoms with Gasteiger partial charge in [-0.15, -0.1) is 10.2 Å². The Labute approximate surface area is 80.4 Å². The van der Waals surface area contributed by atoms with Gasteiger partial charge < -0.3 is 5.73 Å². The van der Waals surface area contributed by atoms with Crippen LogP contribution in [0.3, 0.4) is 0 Å².